The van der Waals surface area contributed by atoms with Crippen LogP contribution < -0.4 is 4.18 Å². The van der Waals surface area contributed by atoms with E-state index in [9.17, 15) is 22.9 Å². The molecule has 0 saturated heterocycles. The molecule has 21 heavy (non-hydrogen) atoms. The Balaban J connectivity index is 2.51. The molecule has 8 nitrogen and oxygen atoms in total. The molecule has 1 aromatic heterocycles. The van der Waals surface area contributed by atoms with Crippen LogP contribution >= 0.6 is 0 Å². The lowest BCUT2D eigenvalue weighted by molar-refractivity contribution is -0.385. The van der Waals surface area contributed by atoms with Gasteiger partial charge < -0.3 is 8.71 Å². The Morgan fingerprint density at radius 3 is 2.57 bits per heavy atom. The first-order chi connectivity index (χ1) is 9.72. The van der Waals surface area contributed by atoms with Crippen LogP contribution in [-0.2, 0) is 10.1 Å². The quantitative estimate of drug-likeness (QED) is 0.482. The van der Waals surface area contributed by atoms with Crippen LogP contribution in [0.15, 0.2) is 27.6 Å². The van der Waals surface area contributed by atoms with E-state index in [1.165, 1.54) is 13.8 Å². The number of nitro benzene ring substituents is 1. The normalized spacial score (nSPS) is 11.4. The maximum absolute atomic E-state index is 13.2. The average molecular weight is 316 g/mol. The van der Waals surface area contributed by atoms with Gasteiger partial charge in [-0.25, -0.2) is 4.39 Å². The number of nitrogens with zero attached hydrogens (tertiary/aromatic N) is 2. The third-order valence-electron chi connectivity index (χ3n) is 2.54. The van der Waals surface area contributed by atoms with Crippen LogP contribution in [0.5, 0.6) is 5.75 Å². The predicted octanol–water partition coefficient (Wildman–Crippen LogP) is 2.11. The highest BCUT2D eigenvalue weighted by Gasteiger charge is 2.29. The fraction of sp³-hybridized carbons (Fsp3) is 0.182. The Morgan fingerprint density at radius 2 is 2.05 bits per heavy atom. The van der Waals surface area contributed by atoms with Crippen molar-refractivity contribution in [3.05, 3.63) is 45.6 Å². The number of nitro groups is 1. The molecule has 0 saturated carbocycles. The molecule has 0 amide bonds. The van der Waals surface area contributed by atoms with Crippen LogP contribution in [0.3, 0.4) is 0 Å². The maximum Gasteiger partial charge on any atom is 0.344 e. The molecule has 0 atom stereocenters. The summed E-state index contributed by atoms with van der Waals surface area (Å²) in [5.41, 5.74) is -0.640. The van der Waals surface area contributed by atoms with E-state index in [4.69, 9.17) is 4.52 Å². The summed E-state index contributed by atoms with van der Waals surface area (Å²) < 4.78 is 46.8. The van der Waals surface area contributed by atoms with E-state index in [1.807, 2.05) is 0 Å². The zero-order valence-corrected chi connectivity index (χ0v) is 11.7. The molecular weight excluding hydrogens is 307 g/mol. The lowest BCUT2D eigenvalue weighted by atomic mass is 10.3. The van der Waals surface area contributed by atoms with Crippen molar-refractivity contribution in [3.63, 3.8) is 0 Å². The first-order valence-corrected chi connectivity index (χ1v) is 6.94. The molecule has 0 radical (unpaired) electrons. The van der Waals surface area contributed by atoms with Gasteiger partial charge in [-0.05, 0) is 19.9 Å². The fourth-order valence-electron chi connectivity index (χ4n) is 1.70. The highest BCUT2D eigenvalue weighted by atomic mass is 32.2. The van der Waals surface area contributed by atoms with E-state index in [0.29, 0.717) is 6.07 Å². The molecule has 0 aliphatic heterocycles. The molecule has 0 aliphatic rings. The maximum atomic E-state index is 13.2. The van der Waals surface area contributed by atoms with Crippen LogP contribution in [0.25, 0.3) is 0 Å². The Morgan fingerprint density at radius 1 is 1.38 bits per heavy atom. The van der Waals surface area contributed by atoms with Crippen molar-refractivity contribution in [2.45, 2.75) is 18.7 Å². The SMILES string of the molecule is Cc1noc(C)c1S(=O)(=O)Oc1cc(F)ccc1[N+](=O)[O-]. The van der Waals surface area contributed by atoms with Gasteiger partial charge in [0.2, 0.25) is 5.75 Å². The second-order valence-electron chi connectivity index (χ2n) is 4.06. The molecule has 0 fully saturated rings. The van der Waals surface area contributed by atoms with E-state index in [2.05, 4.69) is 9.34 Å². The number of aromatic nitrogens is 1. The molecule has 0 unspecified atom stereocenters. The fourth-order valence-corrected chi connectivity index (χ4v) is 2.94. The van der Waals surface area contributed by atoms with Crippen molar-refractivity contribution in [1.29, 1.82) is 0 Å². The minimum Gasteiger partial charge on any atom is -0.371 e. The lowest BCUT2D eigenvalue weighted by Crippen LogP contribution is -2.12. The van der Waals surface area contributed by atoms with Gasteiger partial charge in [0.05, 0.1) is 4.92 Å². The van der Waals surface area contributed by atoms with Gasteiger partial charge >= 0.3 is 15.8 Å². The van der Waals surface area contributed by atoms with Gasteiger partial charge in [0.15, 0.2) is 10.7 Å². The monoisotopic (exact) mass is 316 g/mol. The smallest absolute Gasteiger partial charge is 0.344 e. The molecule has 1 aromatic carbocycles. The van der Waals surface area contributed by atoms with Crippen molar-refractivity contribution in [3.8, 4) is 5.75 Å². The summed E-state index contributed by atoms with van der Waals surface area (Å²) in [6, 6.07) is 2.26. The molecule has 112 valence electrons. The predicted molar refractivity (Wildman–Crippen MR) is 66.8 cm³/mol. The van der Waals surface area contributed by atoms with Crippen molar-refractivity contribution in [2.24, 2.45) is 0 Å². The average Bonchev–Trinajstić information content (AvgIpc) is 2.68. The number of aryl methyl sites for hydroxylation is 2. The largest absolute Gasteiger partial charge is 0.371 e. The summed E-state index contributed by atoms with van der Waals surface area (Å²) in [5.74, 6) is -1.63. The number of hydrogen-bond donors (Lipinski definition) is 0. The van der Waals surface area contributed by atoms with Crippen LogP contribution in [-0.4, -0.2) is 18.5 Å². The number of hydrogen-bond acceptors (Lipinski definition) is 7. The Hall–Kier alpha value is -2.49. The Bertz CT molecular complexity index is 795. The molecule has 0 bridgehead atoms. The molecule has 10 heteroatoms. The first-order valence-electron chi connectivity index (χ1n) is 5.53. The standard InChI is InChI=1S/C11H9FN2O6S/c1-6-11(7(2)19-13-6)21(17,18)20-10-5-8(12)3-4-9(10)14(15)16/h3-5H,1-2H3. The molecule has 1 heterocycles. The van der Waals surface area contributed by atoms with Crippen molar-refractivity contribution in [1.82, 2.24) is 5.16 Å². The van der Waals surface area contributed by atoms with E-state index in [-0.39, 0.29) is 16.3 Å². The summed E-state index contributed by atoms with van der Waals surface area (Å²) in [6.45, 7) is 2.71. The van der Waals surface area contributed by atoms with Gasteiger partial charge in [0.1, 0.15) is 11.5 Å². The van der Waals surface area contributed by atoms with E-state index in [0.717, 1.165) is 12.1 Å². The van der Waals surface area contributed by atoms with E-state index >= 15 is 0 Å². The molecule has 0 N–H and O–H groups in total. The first kappa shape index (κ1) is 14.9. The second kappa shape index (κ2) is 5.13. The van der Waals surface area contributed by atoms with Crippen molar-refractivity contribution >= 4 is 15.8 Å². The van der Waals surface area contributed by atoms with E-state index < -0.39 is 32.3 Å². The molecular formula is C11H9FN2O6S. The van der Waals surface area contributed by atoms with Crippen LogP contribution in [0.2, 0.25) is 0 Å². The van der Waals surface area contributed by atoms with Crippen molar-refractivity contribution < 1.29 is 26.4 Å². The summed E-state index contributed by atoms with van der Waals surface area (Å²) in [4.78, 5) is 9.59. The highest BCUT2D eigenvalue weighted by molar-refractivity contribution is 7.87. The topological polar surface area (TPSA) is 113 Å². The summed E-state index contributed by atoms with van der Waals surface area (Å²) in [6.07, 6.45) is 0. The minimum atomic E-state index is -4.43. The zero-order chi connectivity index (χ0) is 15.8. The third-order valence-corrected chi connectivity index (χ3v) is 4.02. The second-order valence-corrected chi connectivity index (χ2v) is 5.54. The Labute approximate surface area is 118 Å². The van der Waals surface area contributed by atoms with Gasteiger partial charge in [-0.1, -0.05) is 5.16 Å². The van der Waals surface area contributed by atoms with Gasteiger partial charge in [-0.15, -0.1) is 0 Å². The number of halogens is 1. The molecule has 0 aliphatic carbocycles. The van der Waals surface area contributed by atoms with E-state index in [1.54, 1.807) is 0 Å². The third kappa shape index (κ3) is 2.84. The summed E-state index contributed by atoms with van der Waals surface area (Å²) >= 11 is 0. The van der Waals surface area contributed by atoms with Crippen molar-refractivity contribution in [2.75, 3.05) is 0 Å². The summed E-state index contributed by atoms with van der Waals surface area (Å²) in [7, 11) is -4.43. The molecule has 2 aromatic rings. The molecule has 2 rings (SSSR count). The molecule has 0 spiro atoms. The highest BCUT2D eigenvalue weighted by Crippen LogP contribution is 2.31. The van der Waals surface area contributed by atoms with Gasteiger partial charge in [0.25, 0.3) is 0 Å². The van der Waals surface area contributed by atoms with Crippen LogP contribution in [0.1, 0.15) is 11.5 Å². The Kier molecular flexibility index (Phi) is 3.64. The van der Waals surface area contributed by atoms with Gasteiger partial charge in [-0.3, -0.25) is 10.1 Å². The number of rotatable bonds is 4. The van der Waals surface area contributed by atoms with Crippen LogP contribution in [0.4, 0.5) is 10.1 Å². The summed E-state index contributed by atoms with van der Waals surface area (Å²) in [5, 5.41) is 14.3. The zero-order valence-electron chi connectivity index (χ0n) is 10.9. The minimum absolute atomic E-state index is 0.0338. The lowest BCUT2D eigenvalue weighted by Gasteiger charge is -2.06. The van der Waals surface area contributed by atoms with Gasteiger partial charge in [-0.2, -0.15) is 8.42 Å². The van der Waals surface area contributed by atoms with Crippen LogP contribution in [0, 0.1) is 29.8 Å². The van der Waals surface area contributed by atoms with Gasteiger partial charge in [0, 0.05) is 12.1 Å². The number of benzene rings is 1.